The average Bonchev–Trinajstić information content (AvgIpc) is 2.42. The van der Waals surface area contributed by atoms with Crippen LogP contribution in [0.15, 0.2) is 0 Å². The summed E-state index contributed by atoms with van der Waals surface area (Å²) in [7, 11) is 0. The van der Waals surface area contributed by atoms with Crippen LogP contribution in [0.3, 0.4) is 0 Å². The molecule has 0 aliphatic carbocycles. The Morgan fingerprint density at radius 3 is 2.25 bits per heavy atom. The first kappa shape index (κ1) is 17.7. The lowest BCUT2D eigenvalue weighted by Crippen LogP contribution is -2.59. The molecule has 0 aromatic rings. The van der Waals surface area contributed by atoms with Crippen molar-refractivity contribution in [3.8, 4) is 0 Å². The maximum absolute atomic E-state index is 9.69. The van der Waals surface area contributed by atoms with E-state index in [1.165, 1.54) is 0 Å². The standard InChI is InChI=1S/C12H24O8/c1-6(2)11(17)18-3-4-19-12-10(16)9(15)8(14)7(5-13)20-12/h6-17H,3-5H2,1-2H3/t7?,8-,9-,10?,11?,12?/m1/s1. The molecule has 8 heteroatoms. The van der Waals surface area contributed by atoms with E-state index in [2.05, 4.69) is 0 Å². The molecular formula is C12H24O8. The fourth-order valence-electron chi connectivity index (χ4n) is 1.73. The molecule has 1 aliphatic rings. The highest BCUT2D eigenvalue weighted by atomic mass is 16.7. The van der Waals surface area contributed by atoms with Crippen LogP contribution >= 0.6 is 0 Å². The molecular weight excluding hydrogens is 272 g/mol. The molecule has 120 valence electrons. The Kier molecular flexibility index (Phi) is 7.27. The van der Waals surface area contributed by atoms with Crippen molar-refractivity contribution in [3.05, 3.63) is 0 Å². The minimum Gasteiger partial charge on any atom is -0.394 e. The van der Waals surface area contributed by atoms with Crippen LogP contribution in [0.4, 0.5) is 0 Å². The second kappa shape index (κ2) is 8.20. The minimum absolute atomic E-state index is 0.0203. The Hall–Kier alpha value is -0.320. The van der Waals surface area contributed by atoms with Crippen LogP contribution in [-0.4, -0.2) is 82.3 Å². The largest absolute Gasteiger partial charge is 0.394 e. The van der Waals surface area contributed by atoms with Gasteiger partial charge in [0.2, 0.25) is 0 Å². The number of aliphatic hydroxyl groups excluding tert-OH is 5. The van der Waals surface area contributed by atoms with Crippen molar-refractivity contribution >= 4 is 0 Å². The van der Waals surface area contributed by atoms with Crippen LogP contribution in [-0.2, 0) is 14.2 Å². The zero-order valence-electron chi connectivity index (χ0n) is 11.6. The summed E-state index contributed by atoms with van der Waals surface area (Å²) in [5.41, 5.74) is 0. The summed E-state index contributed by atoms with van der Waals surface area (Å²) in [6, 6.07) is 0. The molecule has 4 unspecified atom stereocenters. The summed E-state index contributed by atoms with van der Waals surface area (Å²) >= 11 is 0. The van der Waals surface area contributed by atoms with Gasteiger partial charge >= 0.3 is 0 Å². The molecule has 8 nitrogen and oxygen atoms in total. The fourth-order valence-corrected chi connectivity index (χ4v) is 1.73. The van der Waals surface area contributed by atoms with Gasteiger partial charge in [-0.05, 0) is 0 Å². The van der Waals surface area contributed by atoms with E-state index in [1.807, 2.05) is 0 Å². The summed E-state index contributed by atoms with van der Waals surface area (Å²) in [5.74, 6) is -0.0535. The molecule has 5 N–H and O–H groups in total. The summed E-state index contributed by atoms with van der Waals surface area (Å²) in [5, 5.41) is 47.2. The predicted molar refractivity (Wildman–Crippen MR) is 66.5 cm³/mol. The lowest BCUT2D eigenvalue weighted by molar-refractivity contribution is -0.304. The summed E-state index contributed by atoms with van der Waals surface area (Å²) in [6.45, 7) is 3.18. The van der Waals surface area contributed by atoms with Crippen LogP contribution in [0.2, 0.25) is 0 Å². The van der Waals surface area contributed by atoms with E-state index in [4.69, 9.17) is 19.3 Å². The summed E-state index contributed by atoms with van der Waals surface area (Å²) in [6.07, 6.45) is -7.39. The number of aliphatic hydroxyl groups is 5. The third kappa shape index (κ3) is 4.61. The molecule has 0 saturated carbocycles. The van der Waals surface area contributed by atoms with Crippen molar-refractivity contribution in [2.75, 3.05) is 19.8 Å². The molecule has 20 heavy (non-hydrogen) atoms. The minimum atomic E-state index is -1.46. The molecule has 0 radical (unpaired) electrons. The van der Waals surface area contributed by atoms with E-state index in [9.17, 15) is 20.4 Å². The summed E-state index contributed by atoms with van der Waals surface area (Å²) < 4.78 is 15.4. The van der Waals surface area contributed by atoms with E-state index in [0.717, 1.165) is 0 Å². The Bertz CT molecular complexity index is 272. The van der Waals surface area contributed by atoms with Crippen molar-refractivity contribution in [2.24, 2.45) is 5.92 Å². The first-order valence-electron chi connectivity index (χ1n) is 6.60. The van der Waals surface area contributed by atoms with E-state index in [0.29, 0.717) is 0 Å². The Morgan fingerprint density at radius 1 is 1.05 bits per heavy atom. The normalized spacial score (nSPS) is 36.3. The van der Waals surface area contributed by atoms with Crippen molar-refractivity contribution < 1.29 is 39.7 Å². The zero-order valence-corrected chi connectivity index (χ0v) is 11.6. The quantitative estimate of drug-likeness (QED) is 0.264. The lowest BCUT2D eigenvalue weighted by Gasteiger charge is -2.39. The topological polar surface area (TPSA) is 129 Å². The number of hydrogen-bond acceptors (Lipinski definition) is 8. The van der Waals surface area contributed by atoms with Gasteiger partial charge in [-0.3, -0.25) is 0 Å². The first-order valence-corrected chi connectivity index (χ1v) is 6.60. The van der Waals surface area contributed by atoms with Gasteiger partial charge in [-0.25, -0.2) is 0 Å². The molecule has 0 bridgehead atoms. The SMILES string of the molecule is CC(C)C(O)OCCOC1OC(CO)[C@@H](O)[C@@H](O)C1O. The average molecular weight is 296 g/mol. The Balaban J connectivity index is 2.35. The molecule has 6 atom stereocenters. The van der Waals surface area contributed by atoms with Crippen molar-refractivity contribution in [1.82, 2.24) is 0 Å². The van der Waals surface area contributed by atoms with Gasteiger partial charge in [0.1, 0.15) is 24.4 Å². The van der Waals surface area contributed by atoms with E-state index in [-0.39, 0.29) is 19.1 Å². The highest BCUT2D eigenvalue weighted by Gasteiger charge is 2.43. The zero-order chi connectivity index (χ0) is 15.3. The van der Waals surface area contributed by atoms with Crippen LogP contribution in [0.5, 0.6) is 0 Å². The monoisotopic (exact) mass is 296 g/mol. The van der Waals surface area contributed by atoms with Crippen molar-refractivity contribution in [1.29, 1.82) is 0 Å². The molecule has 1 rings (SSSR count). The summed E-state index contributed by atoms with van der Waals surface area (Å²) in [4.78, 5) is 0. The number of hydrogen-bond donors (Lipinski definition) is 5. The highest BCUT2D eigenvalue weighted by molar-refractivity contribution is 4.88. The molecule has 0 aromatic carbocycles. The van der Waals surface area contributed by atoms with Crippen LogP contribution in [0.25, 0.3) is 0 Å². The predicted octanol–water partition coefficient (Wildman–Crippen LogP) is -2.21. The molecule has 1 aliphatic heterocycles. The molecule has 1 saturated heterocycles. The van der Waals surface area contributed by atoms with Gasteiger partial charge < -0.3 is 39.7 Å². The molecule has 0 amide bonds. The first-order chi connectivity index (χ1) is 9.38. The number of rotatable bonds is 7. The van der Waals surface area contributed by atoms with Gasteiger partial charge in [0.15, 0.2) is 12.6 Å². The number of ether oxygens (including phenoxy) is 3. The van der Waals surface area contributed by atoms with E-state index < -0.39 is 43.6 Å². The van der Waals surface area contributed by atoms with Gasteiger partial charge in [-0.15, -0.1) is 0 Å². The van der Waals surface area contributed by atoms with E-state index in [1.54, 1.807) is 13.8 Å². The van der Waals surface area contributed by atoms with Crippen LogP contribution in [0, 0.1) is 5.92 Å². The van der Waals surface area contributed by atoms with Crippen molar-refractivity contribution in [3.63, 3.8) is 0 Å². The van der Waals surface area contributed by atoms with Gasteiger partial charge in [0, 0.05) is 5.92 Å². The molecule has 1 fully saturated rings. The second-order valence-electron chi connectivity index (χ2n) is 5.07. The maximum atomic E-state index is 9.69. The van der Waals surface area contributed by atoms with Gasteiger partial charge in [-0.1, -0.05) is 13.8 Å². The molecule has 1 heterocycles. The fraction of sp³-hybridized carbons (Fsp3) is 1.00. The maximum Gasteiger partial charge on any atom is 0.186 e. The van der Waals surface area contributed by atoms with Crippen molar-refractivity contribution in [2.45, 2.75) is 50.8 Å². The smallest absolute Gasteiger partial charge is 0.186 e. The van der Waals surface area contributed by atoms with Gasteiger partial charge in [-0.2, -0.15) is 0 Å². The second-order valence-corrected chi connectivity index (χ2v) is 5.07. The Morgan fingerprint density at radius 2 is 1.70 bits per heavy atom. The lowest BCUT2D eigenvalue weighted by atomic mass is 9.99. The van der Waals surface area contributed by atoms with Gasteiger partial charge in [0.25, 0.3) is 0 Å². The third-order valence-electron chi connectivity index (χ3n) is 3.07. The highest BCUT2D eigenvalue weighted by Crippen LogP contribution is 2.21. The molecule has 0 aromatic heterocycles. The van der Waals surface area contributed by atoms with Crippen LogP contribution in [0.1, 0.15) is 13.8 Å². The van der Waals surface area contributed by atoms with Crippen LogP contribution < -0.4 is 0 Å². The third-order valence-corrected chi connectivity index (χ3v) is 3.07. The Labute approximate surface area is 117 Å². The molecule has 0 spiro atoms. The van der Waals surface area contributed by atoms with E-state index >= 15 is 0 Å². The van der Waals surface area contributed by atoms with Gasteiger partial charge in [0.05, 0.1) is 19.8 Å².